The third-order valence-corrected chi connectivity index (χ3v) is 5.53. The summed E-state index contributed by atoms with van der Waals surface area (Å²) in [7, 11) is 3.25. The van der Waals surface area contributed by atoms with Gasteiger partial charge in [-0.15, -0.1) is 0 Å². The highest BCUT2D eigenvalue weighted by atomic mass is 32.1. The number of carbonyl (C=O) groups excluding carboxylic acids is 2. The lowest BCUT2D eigenvalue weighted by atomic mass is 10.1. The van der Waals surface area contributed by atoms with Gasteiger partial charge in [-0.3, -0.25) is 9.59 Å². The third kappa shape index (κ3) is 3.63. The van der Waals surface area contributed by atoms with Crippen molar-refractivity contribution in [2.45, 2.75) is 19.0 Å². The number of nitrogens with one attached hydrogen (secondary N) is 1. The Hall–Kier alpha value is -3.33. The molecule has 0 bridgehead atoms. The first-order chi connectivity index (χ1) is 14.5. The van der Waals surface area contributed by atoms with Crippen LogP contribution in [0.2, 0.25) is 0 Å². The van der Waals surface area contributed by atoms with Crippen LogP contribution in [0.5, 0.6) is 17.2 Å². The molecule has 2 heterocycles. The zero-order valence-electron chi connectivity index (χ0n) is 16.6. The second-order valence-corrected chi connectivity index (χ2v) is 7.24. The maximum Gasteiger partial charge on any atom is 0.257 e. The van der Waals surface area contributed by atoms with E-state index in [0.717, 1.165) is 5.56 Å². The van der Waals surface area contributed by atoms with E-state index >= 15 is 0 Å². The topological polar surface area (TPSA) is 80.3 Å². The summed E-state index contributed by atoms with van der Waals surface area (Å²) in [5.41, 5.74) is 1.40. The van der Waals surface area contributed by atoms with Crippen LogP contribution in [0.4, 0.5) is 5.69 Å². The van der Waals surface area contributed by atoms with Crippen molar-refractivity contribution in [3.8, 4) is 17.2 Å². The van der Waals surface area contributed by atoms with Gasteiger partial charge in [0, 0.05) is 13.6 Å². The second-order valence-electron chi connectivity index (χ2n) is 6.86. The summed E-state index contributed by atoms with van der Waals surface area (Å²) in [5, 5.41) is 3.31. The molecule has 2 aromatic rings. The molecule has 156 valence electrons. The van der Waals surface area contributed by atoms with Crippen molar-refractivity contribution in [2.24, 2.45) is 0 Å². The Bertz CT molecular complexity index is 995. The molecule has 1 fully saturated rings. The average molecular weight is 427 g/mol. The minimum atomic E-state index is -0.704. The SMILES string of the molecule is CNC(=S)N(Cc1ccc2c(c1)OCO2)[C@H]1CC(=O)N(c2ccc(OC)cc2)C1=O. The molecule has 1 N–H and O–H groups in total. The fourth-order valence-electron chi connectivity index (χ4n) is 3.57. The normalized spacial score (nSPS) is 17.3. The number of methoxy groups -OCH3 is 1. The molecule has 8 nitrogen and oxygen atoms in total. The predicted octanol–water partition coefficient (Wildman–Crippen LogP) is 2.06. The fourth-order valence-corrected chi connectivity index (χ4v) is 3.76. The summed E-state index contributed by atoms with van der Waals surface area (Å²) in [6, 6.07) is 11.7. The maximum atomic E-state index is 13.2. The lowest BCUT2D eigenvalue weighted by Gasteiger charge is -2.29. The molecule has 2 aliphatic rings. The van der Waals surface area contributed by atoms with Gasteiger partial charge in [-0.05, 0) is 54.2 Å². The molecule has 30 heavy (non-hydrogen) atoms. The predicted molar refractivity (Wildman–Crippen MR) is 114 cm³/mol. The number of nitrogens with zero attached hydrogens (tertiary/aromatic N) is 2. The zero-order chi connectivity index (χ0) is 21.3. The number of anilines is 1. The van der Waals surface area contributed by atoms with Crippen molar-refractivity contribution in [1.82, 2.24) is 10.2 Å². The summed E-state index contributed by atoms with van der Waals surface area (Å²) in [5.74, 6) is 1.39. The Morgan fingerprint density at radius 2 is 1.93 bits per heavy atom. The van der Waals surface area contributed by atoms with Crippen LogP contribution in [-0.4, -0.2) is 48.8 Å². The highest BCUT2D eigenvalue weighted by molar-refractivity contribution is 7.80. The Morgan fingerprint density at radius 1 is 1.20 bits per heavy atom. The fraction of sp³-hybridized carbons (Fsp3) is 0.286. The van der Waals surface area contributed by atoms with Gasteiger partial charge in [0.1, 0.15) is 11.8 Å². The minimum Gasteiger partial charge on any atom is -0.497 e. The molecular weight excluding hydrogens is 406 g/mol. The molecule has 1 atom stereocenters. The van der Waals surface area contributed by atoms with Crippen molar-refractivity contribution in [1.29, 1.82) is 0 Å². The van der Waals surface area contributed by atoms with E-state index in [-0.39, 0.29) is 25.0 Å². The molecule has 0 spiro atoms. The minimum absolute atomic E-state index is 0.0389. The van der Waals surface area contributed by atoms with Crippen LogP contribution in [0.25, 0.3) is 0 Å². The van der Waals surface area contributed by atoms with Crippen LogP contribution in [0, 0.1) is 0 Å². The first-order valence-electron chi connectivity index (χ1n) is 9.39. The summed E-state index contributed by atoms with van der Waals surface area (Å²) in [4.78, 5) is 28.9. The Kier molecular flexibility index (Phi) is 5.45. The highest BCUT2D eigenvalue weighted by Crippen LogP contribution is 2.34. The first kappa shape index (κ1) is 20.0. The van der Waals surface area contributed by atoms with E-state index in [1.165, 1.54) is 4.90 Å². The average Bonchev–Trinajstić information content (AvgIpc) is 3.35. The molecule has 4 rings (SSSR count). The van der Waals surface area contributed by atoms with Crippen LogP contribution >= 0.6 is 12.2 Å². The maximum absolute atomic E-state index is 13.2. The number of amides is 2. The van der Waals surface area contributed by atoms with Crippen molar-refractivity contribution in [3.63, 3.8) is 0 Å². The molecule has 2 aliphatic heterocycles. The van der Waals surface area contributed by atoms with Gasteiger partial charge in [0.15, 0.2) is 16.6 Å². The van der Waals surface area contributed by atoms with E-state index in [9.17, 15) is 9.59 Å². The Labute approximate surface area is 179 Å². The van der Waals surface area contributed by atoms with Gasteiger partial charge in [-0.2, -0.15) is 0 Å². The van der Waals surface area contributed by atoms with Gasteiger partial charge in [-0.25, -0.2) is 4.90 Å². The molecule has 9 heteroatoms. The Morgan fingerprint density at radius 3 is 2.63 bits per heavy atom. The van der Waals surface area contributed by atoms with E-state index in [4.69, 9.17) is 26.4 Å². The molecule has 0 unspecified atom stereocenters. The number of fused-ring (bicyclic) bond motifs is 1. The molecule has 0 radical (unpaired) electrons. The number of benzene rings is 2. The van der Waals surface area contributed by atoms with Crippen molar-refractivity contribution >= 4 is 34.8 Å². The van der Waals surface area contributed by atoms with Crippen LogP contribution in [0.1, 0.15) is 12.0 Å². The van der Waals surface area contributed by atoms with Crippen LogP contribution < -0.4 is 24.4 Å². The highest BCUT2D eigenvalue weighted by Gasteiger charge is 2.43. The van der Waals surface area contributed by atoms with E-state index in [0.29, 0.717) is 34.6 Å². The lowest BCUT2D eigenvalue weighted by Crippen LogP contribution is -2.48. The van der Waals surface area contributed by atoms with Crippen LogP contribution in [0.15, 0.2) is 42.5 Å². The molecule has 2 amide bonds. The number of carbonyl (C=O) groups is 2. The van der Waals surface area contributed by atoms with E-state index in [2.05, 4.69) is 5.32 Å². The molecule has 0 saturated carbocycles. The van der Waals surface area contributed by atoms with E-state index in [1.807, 2.05) is 18.2 Å². The quantitative estimate of drug-likeness (QED) is 0.574. The summed E-state index contributed by atoms with van der Waals surface area (Å²) < 4.78 is 15.9. The molecule has 0 aromatic heterocycles. The number of rotatable bonds is 5. The van der Waals surface area contributed by atoms with Crippen molar-refractivity contribution in [2.75, 3.05) is 25.9 Å². The second kappa shape index (κ2) is 8.19. The zero-order valence-corrected chi connectivity index (χ0v) is 17.4. The van der Waals surface area contributed by atoms with Crippen LogP contribution in [0.3, 0.4) is 0 Å². The summed E-state index contributed by atoms with van der Waals surface area (Å²) >= 11 is 5.45. The van der Waals surface area contributed by atoms with Gasteiger partial charge < -0.3 is 24.4 Å². The van der Waals surface area contributed by atoms with Gasteiger partial charge in [-0.1, -0.05) is 6.07 Å². The number of hydrogen-bond donors (Lipinski definition) is 1. The Balaban J connectivity index is 1.59. The van der Waals surface area contributed by atoms with Gasteiger partial charge in [0.25, 0.3) is 5.91 Å². The standard InChI is InChI=1S/C21H21N3O5S/c1-22-21(30)23(11-13-3-8-17-18(9-13)29-12-28-17)16-10-19(25)24(20(16)26)14-4-6-15(27-2)7-5-14/h3-9,16H,10-12H2,1-2H3,(H,22,30)/t16-/m0/s1. The summed E-state index contributed by atoms with van der Waals surface area (Å²) in [6.07, 6.45) is 0.0389. The summed E-state index contributed by atoms with van der Waals surface area (Å²) in [6.45, 7) is 0.528. The van der Waals surface area contributed by atoms with Crippen molar-refractivity contribution in [3.05, 3.63) is 48.0 Å². The molecule has 0 aliphatic carbocycles. The first-order valence-corrected chi connectivity index (χ1v) is 9.80. The van der Waals surface area contributed by atoms with Crippen molar-refractivity contribution < 1.29 is 23.8 Å². The third-order valence-electron chi connectivity index (χ3n) is 5.09. The van der Waals surface area contributed by atoms with Gasteiger partial charge >= 0.3 is 0 Å². The molecule has 1 saturated heterocycles. The smallest absolute Gasteiger partial charge is 0.257 e. The molecular formula is C21H21N3O5S. The monoisotopic (exact) mass is 427 g/mol. The number of ether oxygens (including phenoxy) is 3. The number of imide groups is 1. The van der Waals surface area contributed by atoms with Gasteiger partial charge in [0.05, 0.1) is 19.2 Å². The number of thiocarbonyl (C=S) groups is 1. The van der Waals surface area contributed by atoms with E-state index in [1.54, 1.807) is 43.3 Å². The number of hydrogen-bond acceptors (Lipinski definition) is 6. The van der Waals surface area contributed by atoms with Crippen LogP contribution in [-0.2, 0) is 16.1 Å². The molecule has 2 aromatic carbocycles. The largest absolute Gasteiger partial charge is 0.497 e. The lowest BCUT2D eigenvalue weighted by molar-refractivity contribution is -0.122. The van der Waals surface area contributed by atoms with Gasteiger partial charge in [0.2, 0.25) is 12.7 Å². The van der Waals surface area contributed by atoms with E-state index < -0.39 is 6.04 Å².